The third-order valence-electron chi connectivity index (χ3n) is 3.66. The molecule has 0 aliphatic heterocycles. The van der Waals surface area contributed by atoms with Crippen molar-refractivity contribution < 1.29 is 0 Å². The summed E-state index contributed by atoms with van der Waals surface area (Å²) in [5.41, 5.74) is 17.9. The van der Waals surface area contributed by atoms with Crippen molar-refractivity contribution in [2.75, 3.05) is 0 Å². The number of nitrogens with two attached hydrogens (primary N) is 2. The Kier molecular flexibility index (Phi) is 1.70. The Balaban J connectivity index is 2.24. The number of rotatable bonds is 0. The van der Waals surface area contributed by atoms with E-state index in [4.69, 9.17) is 11.5 Å². The lowest BCUT2D eigenvalue weighted by molar-refractivity contribution is 0.675. The van der Waals surface area contributed by atoms with Crippen LogP contribution in [0, 0.1) is 0 Å². The molecule has 1 aromatic rings. The lowest BCUT2D eigenvalue weighted by atomic mass is 9.96. The van der Waals surface area contributed by atoms with Crippen molar-refractivity contribution in [1.82, 2.24) is 0 Å². The Morgan fingerprint density at radius 3 is 1.71 bits per heavy atom. The average Bonchev–Trinajstić information content (AvgIpc) is 2.72. The molecule has 4 N–H and O–H groups in total. The Morgan fingerprint density at radius 2 is 1.29 bits per heavy atom. The second-order valence-corrected chi connectivity index (χ2v) is 4.50. The third-order valence-corrected chi connectivity index (χ3v) is 3.66. The molecule has 3 rings (SSSR count). The first-order chi connectivity index (χ1) is 6.77. The van der Waals surface area contributed by atoms with E-state index >= 15 is 0 Å². The molecular weight excluding hydrogens is 172 g/mol. The summed E-state index contributed by atoms with van der Waals surface area (Å²) >= 11 is 0. The van der Waals surface area contributed by atoms with Crippen molar-refractivity contribution in [2.24, 2.45) is 11.5 Å². The van der Waals surface area contributed by atoms with Crippen LogP contribution in [-0.4, -0.2) is 0 Å². The van der Waals surface area contributed by atoms with Crippen LogP contribution in [-0.2, 0) is 12.8 Å². The van der Waals surface area contributed by atoms with Crippen molar-refractivity contribution in [3.8, 4) is 0 Å². The zero-order chi connectivity index (χ0) is 9.71. The number of hydrogen-bond acceptors (Lipinski definition) is 2. The Bertz CT molecular complexity index is 347. The molecule has 2 atom stereocenters. The fourth-order valence-electron chi connectivity index (χ4n) is 2.95. The first kappa shape index (κ1) is 8.45. The molecule has 0 saturated heterocycles. The molecule has 0 saturated carbocycles. The van der Waals surface area contributed by atoms with Crippen LogP contribution >= 0.6 is 0 Å². The van der Waals surface area contributed by atoms with Gasteiger partial charge >= 0.3 is 0 Å². The van der Waals surface area contributed by atoms with Gasteiger partial charge in [0.2, 0.25) is 0 Å². The molecule has 2 aliphatic rings. The first-order valence-corrected chi connectivity index (χ1v) is 5.43. The van der Waals surface area contributed by atoms with Crippen LogP contribution in [0.15, 0.2) is 12.1 Å². The maximum Gasteiger partial charge on any atom is 0.0304 e. The summed E-state index contributed by atoms with van der Waals surface area (Å²) in [6.07, 6.45) is 4.46. The molecule has 0 bridgehead atoms. The van der Waals surface area contributed by atoms with Crippen LogP contribution < -0.4 is 11.5 Å². The smallest absolute Gasteiger partial charge is 0.0304 e. The maximum absolute atomic E-state index is 6.13. The van der Waals surface area contributed by atoms with E-state index in [1.165, 1.54) is 22.3 Å². The number of aryl methyl sites for hydroxylation is 2. The predicted molar refractivity (Wildman–Crippen MR) is 56.9 cm³/mol. The average molecular weight is 188 g/mol. The minimum absolute atomic E-state index is 0.240. The molecule has 2 heteroatoms. The fraction of sp³-hybridized carbons (Fsp3) is 0.500. The zero-order valence-corrected chi connectivity index (χ0v) is 8.29. The van der Waals surface area contributed by atoms with E-state index < -0.39 is 0 Å². The van der Waals surface area contributed by atoms with E-state index in [1.54, 1.807) is 0 Å². The highest BCUT2D eigenvalue weighted by atomic mass is 14.7. The molecule has 14 heavy (non-hydrogen) atoms. The van der Waals surface area contributed by atoms with Crippen molar-refractivity contribution in [2.45, 2.75) is 37.8 Å². The Morgan fingerprint density at radius 1 is 0.857 bits per heavy atom. The van der Waals surface area contributed by atoms with Crippen LogP contribution in [0.5, 0.6) is 0 Å². The summed E-state index contributed by atoms with van der Waals surface area (Å²) in [4.78, 5) is 0. The Hall–Kier alpha value is -0.860. The lowest BCUT2D eigenvalue weighted by Gasteiger charge is -2.14. The van der Waals surface area contributed by atoms with Gasteiger partial charge in [0.25, 0.3) is 0 Å². The molecule has 0 spiro atoms. The van der Waals surface area contributed by atoms with Gasteiger partial charge in [0.05, 0.1) is 0 Å². The molecule has 2 unspecified atom stereocenters. The number of benzene rings is 1. The zero-order valence-electron chi connectivity index (χ0n) is 8.29. The van der Waals surface area contributed by atoms with Crippen LogP contribution in [0.4, 0.5) is 0 Å². The summed E-state index contributed by atoms with van der Waals surface area (Å²) in [7, 11) is 0. The van der Waals surface area contributed by atoms with Gasteiger partial charge in [0.1, 0.15) is 0 Å². The molecule has 2 aliphatic carbocycles. The van der Waals surface area contributed by atoms with Gasteiger partial charge in [-0.3, -0.25) is 0 Å². The van der Waals surface area contributed by atoms with Crippen LogP contribution in [0.25, 0.3) is 0 Å². The molecule has 0 amide bonds. The van der Waals surface area contributed by atoms with E-state index in [0.717, 1.165) is 25.7 Å². The molecule has 2 nitrogen and oxygen atoms in total. The SMILES string of the molecule is NC1CCc2ccc3c(c21)C(N)CC3. The lowest BCUT2D eigenvalue weighted by Crippen LogP contribution is -2.13. The fourth-order valence-corrected chi connectivity index (χ4v) is 2.95. The predicted octanol–water partition coefficient (Wildman–Crippen LogP) is 1.58. The van der Waals surface area contributed by atoms with Crippen molar-refractivity contribution in [3.05, 3.63) is 34.4 Å². The van der Waals surface area contributed by atoms with E-state index in [2.05, 4.69) is 12.1 Å². The molecule has 1 aromatic carbocycles. The van der Waals surface area contributed by atoms with Gasteiger partial charge in [-0.2, -0.15) is 0 Å². The topological polar surface area (TPSA) is 52.0 Å². The van der Waals surface area contributed by atoms with Gasteiger partial charge in [-0.05, 0) is 47.9 Å². The van der Waals surface area contributed by atoms with E-state index in [1.807, 2.05) is 0 Å². The van der Waals surface area contributed by atoms with Crippen LogP contribution in [0.2, 0.25) is 0 Å². The van der Waals surface area contributed by atoms with Gasteiger partial charge in [-0.1, -0.05) is 12.1 Å². The highest BCUT2D eigenvalue weighted by Crippen LogP contribution is 2.40. The summed E-state index contributed by atoms with van der Waals surface area (Å²) in [6.45, 7) is 0. The van der Waals surface area contributed by atoms with Gasteiger partial charge < -0.3 is 11.5 Å². The minimum Gasteiger partial charge on any atom is -0.324 e. The van der Waals surface area contributed by atoms with E-state index in [0.29, 0.717) is 0 Å². The standard InChI is InChI=1S/C12H16N2/c13-9-5-3-7-1-2-8-4-6-10(14)12(8)11(7)9/h1-2,9-10H,3-6,13-14H2. The van der Waals surface area contributed by atoms with Crippen molar-refractivity contribution >= 4 is 0 Å². The van der Waals surface area contributed by atoms with Crippen LogP contribution in [0.3, 0.4) is 0 Å². The largest absolute Gasteiger partial charge is 0.324 e. The molecular formula is C12H16N2. The summed E-state index contributed by atoms with van der Waals surface area (Å²) in [5, 5.41) is 0. The summed E-state index contributed by atoms with van der Waals surface area (Å²) < 4.78 is 0. The van der Waals surface area contributed by atoms with Crippen molar-refractivity contribution in [1.29, 1.82) is 0 Å². The summed E-state index contributed by atoms with van der Waals surface area (Å²) in [6, 6.07) is 4.98. The monoisotopic (exact) mass is 188 g/mol. The van der Waals surface area contributed by atoms with Crippen LogP contribution in [0.1, 0.15) is 47.2 Å². The molecule has 0 aromatic heterocycles. The molecule has 0 radical (unpaired) electrons. The quantitative estimate of drug-likeness (QED) is 0.649. The molecule has 74 valence electrons. The molecule has 0 fully saturated rings. The van der Waals surface area contributed by atoms with Gasteiger partial charge in [0.15, 0.2) is 0 Å². The number of fused-ring (bicyclic) bond motifs is 3. The van der Waals surface area contributed by atoms with Gasteiger partial charge in [-0.25, -0.2) is 0 Å². The third kappa shape index (κ3) is 0.983. The van der Waals surface area contributed by atoms with Gasteiger partial charge in [0, 0.05) is 12.1 Å². The van der Waals surface area contributed by atoms with Crippen molar-refractivity contribution in [3.63, 3.8) is 0 Å². The second kappa shape index (κ2) is 2.81. The maximum atomic E-state index is 6.13. The first-order valence-electron chi connectivity index (χ1n) is 5.43. The normalized spacial score (nSPS) is 29.0. The molecule has 0 heterocycles. The highest BCUT2D eigenvalue weighted by Gasteiger charge is 2.29. The minimum atomic E-state index is 0.240. The van der Waals surface area contributed by atoms with Gasteiger partial charge in [-0.15, -0.1) is 0 Å². The highest BCUT2D eigenvalue weighted by molar-refractivity contribution is 5.49. The van der Waals surface area contributed by atoms with E-state index in [9.17, 15) is 0 Å². The second-order valence-electron chi connectivity index (χ2n) is 4.50. The number of hydrogen-bond donors (Lipinski definition) is 2. The Labute approximate surface area is 84.3 Å². The summed E-state index contributed by atoms with van der Waals surface area (Å²) in [5.74, 6) is 0. The van der Waals surface area contributed by atoms with E-state index in [-0.39, 0.29) is 12.1 Å².